The van der Waals surface area contributed by atoms with Gasteiger partial charge in [-0.25, -0.2) is 0 Å². The van der Waals surface area contributed by atoms with E-state index in [-0.39, 0.29) is 17.3 Å². The predicted octanol–water partition coefficient (Wildman–Crippen LogP) is 3.60. The van der Waals surface area contributed by atoms with E-state index in [0.29, 0.717) is 5.56 Å². The fraction of sp³-hybridized carbons (Fsp3) is 0.400. The molecule has 1 aromatic carbocycles. The number of hydrogen-bond donors (Lipinski definition) is 0. The van der Waals surface area contributed by atoms with Gasteiger partial charge in [0.05, 0.1) is 17.1 Å². The van der Waals surface area contributed by atoms with Crippen molar-refractivity contribution in [2.24, 2.45) is 0 Å². The van der Waals surface area contributed by atoms with Crippen molar-refractivity contribution in [1.29, 1.82) is 0 Å². The van der Waals surface area contributed by atoms with Crippen molar-refractivity contribution < 1.29 is 9.35 Å². The number of benzene rings is 1. The van der Waals surface area contributed by atoms with Crippen LogP contribution in [-0.4, -0.2) is 13.2 Å². The first kappa shape index (κ1) is 13.2. The summed E-state index contributed by atoms with van der Waals surface area (Å²) in [7, 11) is -1.68. The molecule has 0 saturated heterocycles. The van der Waals surface area contributed by atoms with E-state index in [1.165, 1.54) is 6.07 Å². The Morgan fingerprint density at radius 2 is 2.06 bits per heavy atom. The molecule has 0 aliphatic heterocycles. The van der Waals surface area contributed by atoms with Crippen molar-refractivity contribution in [1.82, 2.24) is 0 Å². The van der Waals surface area contributed by atoms with E-state index in [1.807, 2.05) is 19.6 Å². The normalized spacial score (nSPS) is 11.5. The standard InChI is InChI=1S/C10H14ClNO3Si/c1-16(2,3)15-7-8-5-4-6-9(11)10(8)12(13)14/h4-6H,7H2,1-3H3. The Labute approximate surface area is 100 Å². The lowest BCUT2D eigenvalue weighted by Crippen LogP contribution is -2.25. The first-order chi connectivity index (χ1) is 7.31. The zero-order valence-electron chi connectivity index (χ0n) is 9.49. The number of rotatable bonds is 4. The topological polar surface area (TPSA) is 52.4 Å². The molecule has 0 fully saturated rings. The Morgan fingerprint density at radius 1 is 1.44 bits per heavy atom. The van der Waals surface area contributed by atoms with Crippen molar-refractivity contribution in [3.05, 3.63) is 38.9 Å². The summed E-state index contributed by atoms with van der Waals surface area (Å²) in [5.41, 5.74) is 0.474. The number of nitro benzene ring substituents is 1. The quantitative estimate of drug-likeness (QED) is 0.472. The van der Waals surface area contributed by atoms with E-state index in [9.17, 15) is 10.1 Å². The van der Waals surface area contributed by atoms with E-state index in [1.54, 1.807) is 12.1 Å². The van der Waals surface area contributed by atoms with Gasteiger partial charge in [-0.15, -0.1) is 0 Å². The second-order valence-corrected chi connectivity index (χ2v) is 9.33. The molecule has 0 aliphatic rings. The second kappa shape index (κ2) is 4.95. The third kappa shape index (κ3) is 3.59. The van der Waals surface area contributed by atoms with Gasteiger partial charge in [-0.1, -0.05) is 17.7 Å². The van der Waals surface area contributed by atoms with Gasteiger partial charge in [0.25, 0.3) is 5.69 Å². The van der Waals surface area contributed by atoms with Crippen LogP contribution >= 0.6 is 11.6 Å². The molecule has 1 aromatic rings. The smallest absolute Gasteiger partial charge is 0.293 e. The van der Waals surface area contributed by atoms with E-state index in [4.69, 9.17) is 16.0 Å². The Morgan fingerprint density at radius 3 is 2.56 bits per heavy atom. The highest BCUT2D eigenvalue weighted by Gasteiger charge is 2.21. The van der Waals surface area contributed by atoms with Crippen LogP contribution in [0.3, 0.4) is 0 Å². The Bertz CT molecular complexity index is 404. The Kier molecular flexibility index (Phi) is 4.07. The monoisotopic (exact) mass is 259 g/mol. The molecule has 0 unspecified atom stereocenters. The van der Waals surface area contributed by atoms with Crippen molar-refractivity contribution in [2.75, 3.05) is 0 Å². The summed E-state index contributed by atoms with van der Waals surface area (Å²) in [4.78, 5) is 10.4. The fourth-order valence-electron chi connectivity index (χ4n) is 1.18. The third-order valence-electron chi connectivity index (χ3n) is 1.91. The van der Waals surface area contributed by atoms with Crippen molar-refractivity contribution in [3.63, 3.8) is 0 Å². The highest BCUT2D eigenvalue weighted by atomic mass is 35.5. The minimum atomic E-state index is -1.68. The van der Waals surface area contributed by atoms with Crippen LogP contribution in [0.5, 0.6) is 0 Å². The molecule has 0 aliphatic carbocycles. The summed E-state index contributed by atoms with van der Waals surface area (Å²) in [6.45, 7) is 6.34. The third-order valence-corrected chi connectivity index (χ3v) is 3.23. The largest absolute Gasteiger partial charge is 0.413 e. The number of para-hydroxylation sites is 1. The highest BCUT2D eigenvalue weighted by Crippen LogP contribution is 2.29. The maximum absolute atomic E-state index is 10.8. The average Bonchev–Trinajstić information content (AvgIpc) is 2.12. The van der Waals surface area contributed by atoms with E-state index in [2.05, 4.69) is 0 Å². The molecule has 0 amide bonds. The van der Waals surface area contributed by atoms with Crippen molar-refractivity contribution >= 4 is 25.6 Å². The number of nitrogens with zero attached hydrogens (tertiary/aromatic N) is 1. The van der Waals surface area contributed by atoms with Crippen LogP contribution in [0, 0.1) is 10.1 Å². The van der Waals surface area contributed by atoms with Gasteiger partial charge in [0.1, 0.15) is 5.02 Å². The van der Waals surface area contributed by atoms with Crippen LogP contribution in [0.15, 0.2) is 18.2 Å². The Balaban J connectivity index is 2.96. The highest BCUT2D eigenvalue weighted by molar-refractivity contribution is 6.69. The fourth-order valence-corrected chi connectivity index (χ4v) is 2.03. The molecule has 0 saturated carbocycles. The lowest BCUT2D eigenvalue weighted by Gasteiger charge is -2.17. The maximum atomic E-state index is 10.8. The van der Waals surface area contributed by atoms with Gasteiger partial charge in [-0.3, -0.25) is 10.1 Å². The van der Waals surface area contributed by atoms with E-state index >= 15 is 0 Å². The predicted molar refractivity (Wildman–Crippen MR) is 66.2 cm³/mol. The zero-order valence-corrected chi connectivity index (χ0v) is 11.2. The van der Waals surface area contributed by atoms with Gasteiger partial charge in [0, 0.05) is 0 Å². The zero-order chi connectivity index (χ0) is 12.3. The molecular formula is C10H14ClNO3Si. The number of hydrogen-bond acceptors (Lipinski definition) is 3. The van der Waals surface area contributed by atoms with E-state index in [0.717, 1.165) is 0 Å². The summed E-state index contributed by atoms with van der Waals surface area (Å²) < 4.78 is 5.64. The molecule has 0 N–H and O–H groups in total. The molecule has 0 heterocycles. The summed E-state index contributed by atoms with van der Waals surface area (Å²) in [6.07, 6.45) is 0. The molecule has 88 valence electrons. The summed E-state index contributed by atoms with van der Waals surface area (Å²) in [6, 6.07) is 4.88. The first-order valence-electron chi connectivity index (χ1n) is 4.87. The van der Waals surface area contributed by atoms with Crippen LogP contribution < -0.4 is 0 Å². The summed E-state index contributed by atoms with van der Waals surface area (Å²) in [5, 5.41) is 11.0. The molecule has 0 radical (unpaired) electrons. The van der Waals surface area contributed by atoms with Gasteiger partial charge in [0.2, 0.25) is 0 Å². The lowest BCUT2D eigenvalue weighted by molar-refractivity contribution is -0.385. The van der Waals surface area contributed by atoms with Crippen molar-refractivity contribution in [2.45, 2.75) is 26.2 Å². The molecule has 0 spiro atoms. The molecule has 0 bridgehead atoms. The van der Waals surface area contributed by atoms with E-state index < -0.39 is 13.2 Å². The summed E-state index contributed by atoms with van der Waals surface area (Å²) >= 11 is 5.79. The second-order valence-electron chi connectivity index (χ2n) is 4.41. The molecule has 6 heteroatoms. The minimum absolute atomic E-state index is 0.0533. The first-order valence-corrected chi connectivity index (χ1v) is 8.65. The number of nitro groups is 1. The summed E-state index contributed by atoms with van der Waals surface area (Å²) in [5.74, 6) is 0. The van der Waals surface area contributed by atoms with Gasteiger partial charge >= 0.3 is 0 Å². The SMILES string of the molecule is C[Si](C)(C)OCc1cccc(Cl)c1[N+](=O)[O-]. The average molecular weight is 260 g/mol. The van der Waals surface area contributed by atoms with Gasteiger partial charge in [0.15, 0.2) is 8.32 Å². The molecule has 0 atom stereocenters. The molecule has 1 rings (SSSR count). The molecular weight excluding hydrogens is 246 g/mol. The number of halogens is 1. The minimum Gasteiger partial charge on any atom is -0.413 e. The van der Waals surface area contributed by atoms with Gasteiger partial charge in [-0.05, 0) is 31.8 Å². The lowest BCUT2D eigenvalue weighted by atomic mass is 10.2. The molecule has 0 aromatic heterocycles. The van der Waals surface area contributed by atoms with Gasteiger partial charge < -0.3 is 4.43 Å². The van der Waals surface area contributed by atoms with Crippen LogP contribution in [0.25, 0.3) is 0 Å². The van der Waals surface area contributed by atoms with Gasteiger partial charge in [-0.2, -0.15) is 0 Å². The van der Waals surface area contributed by atoms with Crippen LogP contribution in [0.2, 0.25) is 24.7 Å². The molecule has 4 nitrogen and oxygen atoms in total. The molecule has 16 heavy (non-hydrogen) atoms. The maximum Gasteiger partial charge on any atom is 0.293 e. The van der Waals surface area contributed by atoms with Crippen molar-refractivity contribution in [3.8, 4) is 0 Å². The Hall–Kier alpha value is -0.913. The van der Waals surface area contributed by atoms with Crippen LogP contribution in [-0.2, 0) is 11.0 Å². The van der Waals surface area contributed by atoms with Crippen LogP contribution in [0.1, 0.15) is 5.56 Å². The van der Waals surface area contributed by atoms with Crippen LogP contribution in [0.4, 0.5) is 5.69 Å².